The van der Waals surface area contributed by atoms with Crippen LogP contribution in [-0.2, 0) is 6.54 Å². The van der Waals surface area contributed by atoms with Gasteiger partial charge in [-0.1, -0.05) is 36.4 Å². The molecule has 2 aromatic carbocycles. The van der Waals surface area contributed by atoms with E-state index in [9.17, 15) is 9.18 Å². The van der Waals surface area contributed by atoms with Gasteiger partial charge in [-0.25, -0.2) is 4.39 Å². The van der Waals surface area contributed by atoms with Crippen molar-refractivity contribution in [2.24, 2.45) is 0 Å². The van der Waals surface area contributed by atoms with Crippen molar-refractivity contribution in [2.45, 2.75) is 19.5 Å². The molecule has 3 aromatic rings. The highest BCUT2D eigenvalue weighted by Crippen LogP contribution is 2.21. The lowest BCUT2D eigenvalue weighted by Gasteiger charge is -2.23. The molecule has 4 heteroatoms. The maximum absolute atomic E-state index is 13.8. The van der Waals surface area contributed by atoms with E-state index in [4.69, 9.17) is 0 Å². The summed E-state index contributed by atoms with van der Waals surface area (Å²) < 4.78 is 13.8. The molecule has 1 aromatic heterocycles. The Bertz CT molecular complexity index is 840. The van der Waals surface area contributed by atoms with Gasteiger partial charge in [0.15, 0.2) is 5.78 Å². The fraction of sp³-hybridized carbons (Fsp3) is 0.211. The van der Waals surface area contributed by atoms with Gasteiger partial charge in [0.05, 0.1) is 6.04 Å². The summed E-state index contributed by atoms with van der Waals surface area (Å²) in [7, 11) is 1.84. The van der Waals surface area contributed by atoms with Crippen LogP contribution >= 0.6 is 0 Å². The molecule has 1 N–H and O–H groups in total. The van der Waals surface area contributed by atoms with Crippen molar-refractivity contribution < 1.29 is 9.18 Å². The number of rotatable bonds is 5. The van der Waals surface area contributed by atoms with Crippen LogP contribution in [-0.4, -0.2) is 28.8 Å². The predicted octanol–water partition coefficient (Wildman–Crippen LogP) is 4.01. The number of aromatic amines is 1. The summed E-state index contributed by atoms with van der Waals surface area (Å²) in [6.45, 7) is 2.24. The summed E-state index contributed by atoms with van der Waals surface area (Å²) in [4.78, 5) is 17.8. The number of H-pyrrole nitrogens is 1. The second-order valence-corrected chi connectivity index (χ2v) is 5.79. The first kappa shape index (κ1) is 15.4. The summed E-state index contributed by atoms with van der Waals surface area (Å²) >= 11 is 0. The minimum Gasteiger partial charge on any atom is -0.360 e. The third kappa shape index (κ3) is 3.03. The Kier molecular flexibility index (Phi) is 4.26. The lowest BCUT2D eigenvalue weighted by molar-refractivity contribution is 0.0862. The lowest BCUT2D eigenvalue weighted by atomic mass is 10.0. The molecule has 0 saturated carbocycles. The van der Waals surface area contributed by atoms with E-state index in [2.05, 4.69) is 4.98 Å². The third-order valence-electron chi connectivity index (χ3n) is 4.27. The molecule has 0 amide bonds. The molecule has 0 saturated heterocycles. The highest BCUT2D eigenvalue weighted by atomic mass is 19.1. The number of fused-ring (bicyclic) bond motifs is 1. The van der Waals surface area contributed by atoms with Crippen LogP contribution < -0.4 is 0 Å². The number of nitrogens with one attached hydrogen (secondary N) is 1. The van der Waals surface area contributed by atoms with Crippen LogP contribution in [0.5, 0.6) is 0 Å². The number of nitrogens with zero attached hydrogens (tertiary/aromatic N) is 1. The summed E-state index contributed by atoms with van der Waals surface area (Å²) in [6, 6.07) is 14.0. The normalized spacial score (nSPS) is 12.7. The van der Waals surface area contributed by atoms with Crippen molar-refractivity contribution in [1.82, 2.24) is 9.88 Å². The Morgan fingerprint density at radius 2 is 1.87 bits per heavy atom. The van der Waals surface area contributed by atoms with Gasteiger partial charge in [-0.15, -0.1) is 0 Å². The SMILES string of the molecule is C[C@@H](C(=O)c1c[nH]c2ccccc12)N(C)Cc1ccccc1F. The van der Waals surface area contributed by atoms with Crippen molar-refractivity contribution in [2.75, 3.05) is 7.05 Å². The zero-order valence-electron chi connectivity index (χ0n) is 13.2. The van der Waals surface area contributed by atoms with Gasteiger partial charge in [-0.3, -0.25) is 9.69 Å². The molecule has 3 rings (SSSR count). The number of ketones is 1. The Hall–Kier alpha value is -2.46. The van der Waals surface area contributed by atoms with Crippen LogP contribution in [0, 0.1) is 5.82 Å². The van der Waals surface area contributed by atoms with Gasteiger partial charge in [0.1, 0.15) is 5.82 Å². The minimum atomic E-state index is -0.339. The summed E-state index contributed by atoms with van der Waals surface area (Å²) in [5.41, 5.74) is 2.21. The molecular formula is C19H19FN2O. The molecule has 1 atom stereocenters. The van der Waals surface area contributed by atoms with Crippen molar-refractivity contribution in [3.63, 3.8) is 0 Å². The number of likely N-dealkylation sites (N-methyl/N-ethyl adjacent to an activating group) is 1. The van der Waals surface area contributed by atoms with Crippen molar-refractivity contribution in [3.05, 3.63) is 71.7 Å². The molecule has 23 heavy (non-hydrogen) atoms. The summed E-state index contributed by atoms with van der Waals surface area (Å²) in [5.74, 6) is -0.215. The minimum absolute atomic E-state index is 0.0290. The predicted molar refractivity (Wildman–Crippen MR) is 90.0 cm³/mol. The van der Waals surface area contributed by atoms with Crippen molar-refractivity contribution >= 4 is 16.7 Å². The number of benzene rings is 2. The van der Waals surface area contributed by atoms with E-state index < -0.39 is 0 Å². The molecule has 0 aliphatic rings. The second kappa shape index (κ2) is 6.34. The molecule has 0 spiro atoms. The van der Waals surface area contributed by atoms with Crippen molar-refractivity contribution in [3.8, 4) is 0 Å². The van der Waals surface area contributed by atoms with Gasteiger partial charge >= 0.3 is 0 Å². The highest BCUT2D eigenvalue weighted by molar-refractivity contribution is 6.10. The molecule has 1 heterocycles. The fourth-order valence-electron chi connectivity index (χ4n) is 2.73. The van der Waals surface area contributed by atoms with E-state index in [1.54, 1.807) is 24.4 Å². The van der Waals surface area contributed by atoms with Crippen LogP contribution in [0.2, 0.25) is 0 Å². The molecule has 0 fully saturated rings. The van der Waals surface area contributed by atoms with Crippen LogP contribution in [0.25, 0.3) is 10.9 Å². The zero-order valence-corrected chi connectivity index (χ0v) is 13.2. The molecular weight excluding hydrogens is 291 g/mol. The third-order valence-corrected chi connectivity index (χ3v) is 4.27. The van der Waals surface area contributed by atoms with Crippen molar-refractivity contribution in [1.29, 1.82) is 0 Å². The molecule has 0 bridgehead atoms. The van der Waals surface area contributed by atoms with Gasteiger partial charge < -0.3 is 4.98 Å². The fourth-order valence-corrected chi connectivity index (χ4v) is 2.73. The van der Waals surface area contributed by atoms with Crippen LogP contribution in [0.4, 0.5) is 4.39 Å². The van der Waals surface area contributed by atoms with Crippen LogP contribution in [0.1, 0.15) is 22.8 Å². The molecule has 3 nitrogen and oxygen atoms in total. The number of hydrogen-bond donors (Lipinski definition) is 1. The smallest absolute Gasteiger partial charge is 0.181 e. The zero-order chi connectivity index (χ0) is 16.4. The standard InChI is InChI=1S/C19H19FN2O/c1-13(22(2)12-14-7-3-5-9-17(14)20)19(23)16-11-21-18-10-6-4-8-15(16)18/h3-11,13,21H,12H2,1-2H3/t13-/m0/s1. The first-order chi connectivity index (χ1) is 11.1. The number of carbonyl (C=O) groups is 1. The Labute approximate surface area is 134 Å². The average molecular weight is 310 g/mol. The largest absolute Gasteiger partial charge is 0.360 e. The van der Waals surface area contributed by atoms with Crippen LogP contribution in [0.15, 0.2) is 54.7 Å². The van der Waals surface area contributed by atoms with E-state index in [-0.39, 0.29) is 17.6 Å². The quantitative estimate of drug-likeness (QED) is 0.723. The monoisotopic (exact) mass is 310 g/mol. The highest BCUT2D eigenvalue weighted by Gasteiger charge is 2.22. The first-order valence-corrected chi connectivity index (χ1v) is 7.62. The maximum Gasteiger partial charge on any atom is 0.181 e. The van der Waals surface area contributed by atoms with Gasteiger partial charge in [0.25, 0.3) is 0 Å². The number of Topliss-reactive ketones (excluding diaryl/α,β-unsaturated/α-hetero) is 1. The van der Waals surface area contributed by atoms with E-state index >= 15 is 0 Å². The Morgan fingerprint density at radius 3 is 2.65 bits per heavy atom. The number of aromatic nitrogens is 1. The summed E-state index contributed by atoms with van der Waals surface area (Å²) in [5, 5.41) is 0.920. The first-order valence-electron chi connectivity index (χ1n) is 7.62. The number of para-hydroxylation sites is 1. The number of carbonyl (C=O) groups excluding carboxylic acids is 1. The van der Waals surface area contributed by atoms with Gasteiger partial charge in [0, 0.05) is 34.8 Å². The Morgan fingerprint density at radius 1 is 1.17 bits per heavy atom. The maximum atomic E-state index is 13.8. The van der Waals surface area contributed by atoms with E-state index in [0.717, 1.165) is 10.9 Å². The molecule has 0 unspecified atom stereocenters. The number of halogens is 1. The molecule has 0 aliphatic carbocycles. The van der Waals surface area contributed by atoms with Crippen LogP contribution in [0.3, 0.4) is 0 Å². The van der Waals surface area contributed by atoms with Gasteiger partial charge in [-0.05, 0) is 26.1 Å². The second-order valence-electron chi connectivity index (χ2n) is 5.79. The molecule has 0 radical (unpaired) electrons. The van der Waals surface area contributed by atoms with E-state index in [1.807, 2.05) is 43.1 Å². The topological polar surface area (TPSA) is 36.1 Å². The Balaban J connectivity index is 1.80. The number of hydrogen-bond acceptors (Lipinski definition) is 2. The van der Waals surface area contributed by atoms with E-state index in [1.165, 1.54) is 6.07 Å². The average Bonchev–Trinajstić information content (AvgIpc) is 2.99. The molecule has 118 valence electrons. The van der Waals surface area contributed by atoms with Gasteiger partial charge in [-0.2, -0.15) is 0 Å². The van der Waals surface area contributed by atoms with E-state index in [0.29, 0.717) is 17.7 Å². The van der Waals surface area contributed by atoms with Gasteiger partial charge in [0.2, 0.25) is 0 Å². The summed E-state index contributed by atoms with van der Waals surface area (Å²) in [6.07, 6.45) is 1.75. The molecule has 0 aliphatic heterocycles. The lowest BCUT2D eigenvalue weighted by Crippen LogP contribution is -2.35.